The molecule has 100 valence electrons. The predicted molar refractivity (Wildman–Crippen MR) is 72.5 cm³/mol. The molecular formula is C14H16N2O3. The number of carbonyl (C=O) groups is 1. The standard InChI is InChI=1S/C14H16N2O3/c1-2-3-6-9-16-11-8-5-4-7-10(11)13(17)12(15-16)14(18)19/h4-5,7-8H,2-3,6,9H2,1H3,(H,18,19). The number of unbranched alkanes of at least 4 members (excludes halogenated alkanes) is 2. The van der Waals surface area contributed by atoms with Gasteiger partial charge in [0.15, 0.2) is 0 Å². The average Bonchev–Trinajstić information content (AvgIpc) is 2.41. The van der Waals surface area contributed by atoms with Gasteiger partial charge in [-0.25, -0.2) is 4.79 Å². The molecule has 0 aliphatic rings. The lowest BCUT2D eigenvalue weighted by atomic mass is 10.2. The number of benzene rings is 1. The van der Waals surface area contributed by atoms with Crippen molar-refractivity contribution in [2.75, 3.05) is 0 Å². The Kier molecular flexibility index (Phi) is 3.94. The van der Waals surface area contributed by atoms with E-state index in [2.05, 4.69) is 12.0 Å². The summed E-state index contributed by atoms with van der Waals surface area (Å²) in [4.78, 5) is 23.1. The van der Waals surface area contributed by atoms with Crippen molar-refractivity contribution in [3.63, 3.8) is 0 Å². The largest absolute Gasteiger partial charge is 0.476 e. The van der Waals surface area contributed by atoms with Crippen LogP contribution in [0, 0.1) is 0 Å². The number of hydrogen-bond donors (Lipinski definition) is 1. The van der Waals surface area contributed by atoms with Gasteiger partial charge in [0.05, 0.1) is 5.52 Å². The van der Waals surface area contributed by atoms with Gasteiger partial charge in [0.2, 0.25) is 11.1 Å². The van der Waals surface area contributed by atoms with Gasteiger partial charge >= 0.3 is 5.97 Å². The van der Waals surface area contributed by atoms with E-state index in [1.54, 1.807) is 22.9 Å². The highest BCUT2D eigenvalue weighted by Gasteiger charge is 2.15. The molecule has 0 saturated carbocycles. The van der Waals surface area contributed by atoms with E-state index in [-0.39, 0.29) is 0 Å². The van der Waals surface area contributed by atoms with Crippen molar-refractivity contribution in [2.45, 2.75) is 32.7 Å². The molecule has 0 aliphatic heterocycles. The third-order valence-electron chi connectivity index (χ3n) is 3.04. The topological polar surface area (TPSA) is 72.2 Å². The summed E-state index contributed by atoms with van der Waals surface area (Å²) in [7, 11) is 0. The van der Waals surface area contributed by atoms with Gasteiger partial charge in [0.25, 0.3) is 0 Å². The van der Waals surface area contributed by atoms with E-state index < -0.39 is 17.1 Å². The van der Waals surface area contributed by atoms with Crippen LogP contribution in [0.1, 0.15) is 36.7 Å². The summed E-state index contributed by atoms with van der Waals surface area (Å²) in [5.41, 5.74) is -0.237. The fourth-order valence-corrected chi connectivity index (χ4v) is 2.06. The molecule has 19 heavy (non-hydrogen) atoms. The third kappa shape index (κ3) is 2.65. The minimum absolute atomic E-state index is 0.407. The Balaban J connectivity index is 2.58. The normalized spacial score (nSPS) is 10.8. The highest BCUT2D eigenvalue weighted by Crippen LogP contribution is 2.11. The van der Waals surface area contributed by atoms with Gasteiger partial charge in [0.1, 0.15) is 0 Å². The van der Waals surface area contributed by atoms with Crippen LogP contribution in [-0.2, 0) is 6.54 Å². The lowest BCUT2D eigenvalue weighted by Gasteiger charge is -2.10. The molecule has 2 aromatic rings. The Labute approximate surface area is 110 Å². The van der Waals surface area contributed by atoms with E-state index in [0.717, 1.165) is 19.3 Å². The quantitative estimate of drug-likeness (QED) is 0.837. The number of rotatable bonds is 5. The maximum Gasteiger partial charge on any atom is 0.360 e. The molecule has 0 aliphatic carbocycles. The summed E-state index contributed by atoms with van der Waals surface area (Å²) < 4.78 is 1.62. The van der Waals surface area contributed by atoms with E-state index in [1.807, 2.05) is 6.07 Å². The van der Waals surface area contributed by atoms with Crippen molar-refractivity contribution in [3.05, 3.63) is 40.2 Å². The van der Waals surface area contributed by atoms with Gasteiger partial charge in [-0.1, -0.05) is 31.9 Å². The first kappa shape index (κ1) is 13.3. The van der Waals surface area contributed by atoms with Crippen LogP contribution < -0.4 is 5.43 Å². The first-order chi connectivity index (χ1) is 9.15. The van der Waals surface area contributed by atoms with Gasteiger partial charge in [-0.3, -0.25) is 9.48 Å². The van der Waals surface area contributed by atoms with Crippen molar-refractivity contribution in [2.24, 2.45) is 0 Å². The summed E-state index contributed by atoms with van der Waals surface area (Å²) in [5.74, 6) is -1.28. The second-order valence-corrected chi connectivity index (χ2v) is 4.43. The molecule has 5 heteroatoms. The van der Waals surface area contributed by atoms with Crippen molar-refractivity contribution >= 4 is 16.9 Å². The molecule has 0 spiro atoms. The third-order valence-corrected chi connectivity index (χ3v) is 3.04. The van der Waals surface area contributed by atoms with Crippen LogP contribution in [0.2, 0.25) is 0 Å². The van der Waals surface area contributed by atoms with Gasteiger partial charge in [-0.15, -0.1) is 0 Å². The van der Waals surface area contributed by atoms with Gasteiger partial charge in [-0.2, -0.15) is 5.10 Å². The number of aryl methyl sites for hydroxylation is 1. The minimum Gasteiger partial charge on any atom is -0.476 e. The van der Waals surface area contributed by atoms with E-state index >= 15 is 0 Å². The molecule has 2 rings (SSSR count). The maximum atomic E-state index is 12.0. The van der Waals surface area contributed by atoms with Crippen LogP contribution in [0.5, 0.6) is 0 Å². The molecule has 1 aromatic carbocycles. The van der Waals surface area contributed by atoms with Crippen molar-refractivity contribution < 1.29 is 9.90 Å². The zero-order valence-electron chi connectivity index (χ0n) is 10.8. The molecule has 1 N–H and O–H groups in total. The van der Waals surface area contributed by atoms with E-state index in [0.29, 0.717) is 17.4 Å². The number of aromatic nitrogens is 2. The Morgan fingerprint density at radius 2 is 2.05 bits per heavy atom. The van der Waals surface area contributed by atoms with Crippen LogP contribution in [0.4, 0.5) is 0 Å². The number of nitrogens with zero attached hydrogens (tertiary/aromatic N) is 2. The molecule has 1 heterocycles. The summed E-state index contributed by atoms with van der Waals surface area (Å²) in [6, 6.07) is 6.98. The van der Waals surface area contributed by atoms with Crippen LogP contribution in [0.3, 0.4) is 0 Å². The van der Waals surface area contributed by atoms with Crippen LogP contribution in [0.15, 0.2) is 29.1 Å². The lowest BCUT2D eigenvalue weighted by Crippen LogP contribution is -2.23. The average molecular weight is 260 g/mol. The molecule has 0 saturated heterocycles. The van der Waals surface area contributed by atoms with Gasteiger partial charge < -0.3 is 5.11 Å². The van der Waals surface area contributed by atoms with Crippen molar-refractivity contribution in [1.29, 1.82) is 0 Å². The fraction of sp³-hybridized carbons (Fsp3) is 0.357. The summed E-state index contributed by atoms with van der Waals surface area (Å²) in [6.07, 6.45) is 3.03. The highest BCUT2D eigenvalue weighted by atomic mass is 16.4. The highest BCUT2D eigenvalue weighted by molar-refractivity contribution is 5.90. The van der Waals surface area contributed by atoms with Crippen LogP contribution in [-0.4, -0.2) is 20.9 Å². The summed E-state index contributed by atoms with van der Waals surface area (Å²) in [5, 5.41) is 13.4. The molecular weight excluding hydrogens is 244 g/mol. The Bertz CT molecular complexity index is 661. The van der Waals surface area contributed by atoms with E-state index in [4.69, 9.17) is 5.11 Å². The monoisotopic (exact) mass is 260 g/mol. The minimum atomic E-state index is -1.28. The van der Waals surface area contributed by atoms with Crippen molar-refractivity contribution in [3.8, 4) is 0 Å². The van der Waals surface area contributed by atoms with Crippen LogP contribution in [0.25, 0.3) is 10.9 Å². The number of carboxylic acid groups (broad SMARTS) is 1. The summed E-state index contributed by atoms with van der Waals surface area (Å²) >= 11 is 0. The SMILES string of the molecule is CCCCCn1nc(C(=O)O)c(=O)c2ccccc21. The summed E-state index contributed by atoms with van der Waals surface area (Å²) in [6.45, 7) is 2.72. The van der Waals surface area contributed by atoms with Gasteiger partial charge in [0, 0.05) is 11.9 Å². The smallest absolute Gasteiger partial charge is 0.360 e. The number of para-hydroxylation sites is 1. The first-order valence-electron chi connectivity index (χ1n) is 6.38. The Morgan fingerprint density at radius 1 is 1.32 bits per heavy atom. The maximum absolute atomic E-state index is 12.0. The number of aromatic carboxylic acids is 1. The molecule has 0 amide bonds. The first-order valence-corrected chi connectivity index (χ1v) is 6.38. The second-order valence-electron chi connectivity index (χ2n) is 4.43. The number of carboxylic acids is 1. The molecule has 5 nitrogen and oxygen atoms in total. The van der Waals surface area contributed by atoms with E-state index in [9.17, 15) is 9.59 Å². The Morgan fingerprint density at radius 3 is 2.74 bits per heavy atom. The number of fused-ring (bicyclic) bond motifs is 1. The Hall–Kier alpha value is -2.17. The molecule has 0 unspecified atom stereocenters. The van der Waals surface area contributed by atoms with Gasteiger partial charge in [-0.05, 0) is 18.6 Å². The molecule has 0 bridgehead atoms. The lowest BCUT2D eigenvalue weighted by molar-refractivity contribution is 0.0686. The molecule has 0 radical (unpaired) electrons. The molecule has 0 fully saturated rings. The molecule has 1 aromatic heterocycles. The molecule has 0 atom stereocenters. The number of hydrogen-bond acceptors (Lipinski definition) is 3. The van der Waals surface area contributed by atoms with Crippen molar-refractivity contribution in [1.82, 2.24) is 9.78 Å². The predicted octanol–water partition coefficient (Wildman–Crippen LogP) is 2.28. The van der Waals surface area contributed by atoms with Crippen LogP contribution >= 0.6 is 0 Å². The zero-order chi connectivity index (χ0) is 13.8. The fourth-order valence-electron chi connectivity index (χ4n) is 2.06. The second kappa shape index (κ2) is 5.65. The van der Waals surface area contributed by atoms with E-state index in [1.165, 1.54) is 0 Å². The zero-order valence-corrected chi connectivity index (χ0v) is 10.8.